The lowest BCUT2D eigenvalue weighted by Crippen LogP contribution is -2.11. The first-order valence-corrected chi connectivity index (χ1v) is 8.00. The smallest absolute Gasteiger partial charge is 0.345 e. The number of para-hydroxylation sites is 2. The summed E-state index contributed by atoms with van der Waals surface area (Å²) in [5.41, 5.74) is 1.59. The molecule has 4 rings (SSSR count). The summed E-state index contributed by atoms with van der Waals surface area (Å²) >= 11 is 0. The molecule has 26 heavy (non-hydrogen) atoms. The van der Waals surface area contributed by atoms with E-state index in [9.17, 15) is 9.18 Å². The molecule has 0 N–H and O–H groups in total. The van der Waals surface area contributed by atoms with E-state index in [-0.39, 0.29) is 5.75 Å². The molecule has 0 amide bonds. The summed E-state index contributed by atoms with van der Waals surface area (Å²) in [6.45, 7) is 0. The standard InChI is InChI=1S/C21H14FNO3/c1-25-13-10-11-15-18(12-13)23-17-8-4-2-6-14(17)20(15)21(24)26-19-9-5-3-7-16(19)22/h2-12H,1H3. The van der Waals surface area contributed by atoms with Gasteiger partial charge in [-0.1, -0.05) is 30.3 Å². The SMILES string of the molecule is COc1ccc2c(C(=O)Oc3ccccc3F)c3ccccc3nc2c1. The van der Waals surface area contributed by atoms with Crippen LogP contribution in [-0.2, 0) is 0 Å². The molecule has 0 radical (unpaired) electrons. The summed E-state index contributed by atoms with van der Waals surface area (Å²) in [4.78, 5) is 17.5. The van der Waals surface area contributed by atoms with Gasteiger partial charge in [0.15, 0.2) is 11.6 Å². The first-order valence-electron chi connectivity index (χ1n) is 8.00. The van der Waals surface area contributed by atoms with Crippen molar-refractivity contribution in [2.24, 2.45) is 0 Å². The number of rotatable bonds is 3. The van der Waals surface area contributed by atoms with E-state index in [4.69, 9.17) is 9.47 Å². The fourth-order valence-electron chi connectivity index (χ4n) is 2.90. The van der Waals surface area contributed by atoms with Gasteiger partial charge in [-0.3, -0.25) is 0 Å². The summed E-state index contributed by atoms with van der Waals surface area (Å²) in [6, 6.07) is 18.3. The van der Waals surface area contributed by atoms with Gasteiger partial charge in [-0.2, -0.15) is 0 Å². The Bertz CT molecular complexity index is 1140. The number of aromatic nitrogens is 1. The average molecular weight is 347 g/mol. The van der Waals surface area contributed by atoms with Gasteiger partial charge in [-0.25, -0.2) is 14.2 Å². The molecule has 4 aromatic rings. The lowest BCUT2D eigenvalue weighted by Gasteiger charge is -2.11. The second kappa shape index (κ2) is 6.44. The Hall–Kier alpha value is -3.47. The van der Waals surface area contributed by atoms with Crippen molar-refractivity contribution in [3.63, 3.8) is 0 Å². The van der Waals surface area contributed by atoms with Gasteiger partial charge in [0, 0.05) is 16.8 Å². The predicted octanol–water partition coefficient (Wildman–Crippen LogP) is 4.75. The van der Waals surface area contributed by atoms with Gasteiger partial charge in [0.25, 0.3) is 0 Å². The quantitative estimate of drug-likeness (QED) is 0.305. The van der Waals surface area contributed by atoms with Crippen molar-refractivity contribution < 1.29 is 18.7 Å². The maximum atomic E-state index is 13.9. The number of esters is 1. The molecule has 0 spiro atoms. The Morgan fingerprint density at radius 3 is 2.46 bits per heavy atom. The van der Waals surface area contributed by atoms with E-state index in [2.05, 4.69) is 4.98 Å². The highest BCUT2D eigenvalue weighted by atomic mass is 19.1. The molecule has 0 unspecified atom stereocenters. The second-order valence-electron chi connectivity index (χ2n) is 5.71. The lowest BCUT2D eigenvalue weighted by atomic mass is 10.0. The van der Waals surface area contributed by atoms with Gasteiger partial charge in [0.1, 0.15) is 5.75 Å². The summed E-state index contributed by atoms with van der Waals surface area (Å²) in [7, 11) is 1.57. The second-order valence-corrected chi connectivity index (χ2v) is 5.71. The lowest BCUT2D eigenvalue weighted by molar-refractivity contribution is 0.0732. The molecule has 0 saturated heterocycles. The third-order valence-corrected chi connectivity index (χ3v) is 4.13. The topological polar surface area (TPSA) is 48.4 Å². The fourth-order valence-corrected chi connectivity index (χ4v) is 2.90. The predicted molar refractivity (Wildman–Crippen MR) is 97.2 cm³/mol. The van der Waals surface area contributed by atoms with Crippen molar-refractivity contribution in [2.45, 2.75) is 0 Å². The van der Waals surface area contributed by atoms with E-state index in [1.165, 1.54) is 18.2 Å². The minimum atomic E-state index is -0.635. The van der Waals surface area contributed by atoms with Crippen molar-refractivity contribution >= 4 is 27.8 Å². The minimum Gasteiger partial charge on any atom is -0.497 e. The highest BCUT2D eigenvalue weighted by Crippen LogP contribution is 2.30. The molecule has 128 valence electrons. The van der Waals surface area contributed by atoms with E-state index in [1.807, 2.05) is 18.2 Å². The fraction of sp³-hybridized carbons (Fsp3) is 0.0476. The maximum absolute atomic E-state index is 13.9. The van der Waals surface area contributed by atoms with Gasteiger partial charge in [-0.05, 0) is 30.3 Å². The van der Waals surface area contributed by atoms with Crippen molar-refractivity contribution in [1.29, 1.82) is 0 Å². The van der Waals surface area contributed by atoms with Crippen LogP contribution in [0.25, 0.3) is 21.8 Å². The number of pyridine rings is 1. The van der Waals surface area contributed by atoms with Crippen LogP contribution in [0.5, 0.6) is 11.5 Å². The number of halogens is 1. The molecular weight excluding hydrogens is 333 g/mol. The van der Waals surface area contributed by atoms with Crippen molar-refractivity contribution in [1.82, 2.24) is 4.98 Å². The molecule has 5 heteroatoms. The number of fused-ring (bicyclic) bond motifs is 2. The number of hydrogen-bond donors (Lipinski definition) is 0. The van der Waals surface area contributed by atoms with Crippen LogP contribution in [0.1, 0.15) is 10.4 Å². The number of benzene rings is 3. The van der Waals surface area contributed by atoms with Gasteiger partial charge in [0.2, 0.25) is 0 Å². The summed E-state index contributed by atoms with van der Waals surface area (Å²) in [5, 5.41) is 1.26. The zero-order chi connectivity index (χ0) is 18.1. The first kappa shape index (κ1) is 16.0. The van der Waals surface area contributed by atoms with Crippen molar-refractivity contribution in [2.75, 3.05) is 7.11 Å². The molecule has 0 saturated carbocycles. The molecule has 0 aliphatic carbocycles. The van der Waals surface area contributed by atoms with Crippen LogP contribution in [0.4, 0.5) is 4.39 Å². The third-order valence-electron chi connectivity index (χ3n) is 4.13. The van der Waals surface area contributed by atoms with Crippen LogP contribution in [0.2, 0.25) is 0 Å². The molecule has 0 atom stereocenters. The van der Waals surface area contributed by atoms with Crippen molar-refractivity contribution in [3.05, 3.63) is 78.1 Å². The van der Waals surface area contributed by atoms with Gasteiger partial charge < -0.3 is 9.47 Å². The van der Waals surface area contributed by atoms with Gasteiger partial charge >= 0.3 is 5.97 Å². The summed E-state index contributed by atoms with van der Waals surface area (Å²) in [5.74, 6) is -0.706. The number of nitrogens with zero attached hydrogens (tertiary/aromatic N) is 1. The Balaban J connectivity index is 1.93. The number of hydrogen-bond acceptors (Lipinski definition) is 4. The van der Waals surface area contributed by atoms with E-state index >= 15 is 0 Å². The van der Waals surface area contributed by atoms with Gasteiger partial charge in [0.05, 0.1) is 23.7 Å². The molecule has 1 aromatic heterocycles. The molecule has 1 heterocycles. The minimum absolute atomic E-state index is 0.111. The molecule has 0 bridgehead atoms. The highest BCUT2D eigenvalue weighted by Gasteiger charge is 2.19. The monoisotopic (exact) mass is 347 g/mol. The Morgan fingerprint density at radius 1 is 0.923 bits per heavy atom. The van der Waals surface area contributed by atoms with Gasteiger partial charge in [-0.15, -0.1) is 0 Å². The summed E-state index contributed by atoms with van der Waals surface area (Å²) in [6.07, 6.45) is 0. The number of ether oxygens (including phenoxy) is 2. The van der Waals surface area contributed by atoms with Crippen LogP contribution in [-0.4, -0.2) is 18.1 Å². The van der Waals surface area contributed by atoms with Crippen LogP contribution in [0.15, 0.2) is 66.7 Å². The maximum Gasteiger partial charge on any atom is 0.345 e. The van der Waals surface area contributed by atoms with Crippen LogP contribution in [0, 0.1) is 5.82 Å². The molecule has 3 aromatic carbocycles. The molecule has 0 aliphatic rings. The third kappa shape index (κ3) is 2.73. The average Bonchev–Trinajstić information content (AvgIpc) is 2.67. The molecule has 0 aliphatic heterocycles. The normalized spacial score (nSPS) is 10.8. The van der Waals surface area contributed by atoms with Crippen LogP contribution >= 0.6 is 0 Å². The zero-order valence-corrected chi connectivity index (χ0v) is 13.9. The highest BCUT2D eigenvalue weighted by molar-refractivity contribution is 6.15. The summed E-state index contributed by atoms with van der Waals surface area (Å²) < 4.78 is 24.5. The molecule has 4 nitrogen and oxygen atoms in total. The van der Waals surface area contributed by atoms with Crippen LogP contribution in [0.3, 0.4) is 0 Å². The van der Waals surface area contributed by atoms with E-state index in [0.717, 1.165) is 0 Å². The Morgan fingerprint density at radius 2 is 1.65 bits per heavy atom. The van der Waals surface area contributed by atoms with E-state index < -0.39 is 11.8 Å². The number of carbonyl (C=O) groups is 1. The van der Waals surface area contributed by atoms with Crippen molar-refractivity contribution in [3.8, 4) is 11.5 Å². The number of methoxy groups -OCH3 is 1. The largest absolute Gasteiger partial charge is 0.497 e. The Kier molecular flexibility index (Phi) is 3.97. The molecular formula is C21H14FNO3. The van der Waals surface area contributed by atoms with Crippen LogP contribution < -0.4 is 9.47 Å². The van der Waals surface area contributed by atoms with E-state index in [0.29, 0.717) is 33.1 Å². The molecule has 0 fully saturated rings. The number of carbonyl (C=O) groups excluding carboxylic acids is 1. The first-order chi connectivity index (χ1) is 12.7. The van der Waals surface area contributed by atoms with E-state index in [1.54, 1.807) is 37.4 Å². The Labute approximate surface area is 148 Å². The zero-order valence-electron chi connectivity index (χ0n) is 13.9.